The lowest BCUT2D eigenvalue weighted by molar-refractivity contribution is 0.0525. The molecule has 1 amide bonds. The van der Waals surface area contributed by atoms with Crippen LogP contribution in [-0.2, 0) is 15.9 Å². The summed E-state index contributed by atoms with van der Waals surface area (Å²) < 4.78 is 9.93. The molecule has 0 aromatic heterocycles. The quantitative estimate of drug-likeness (QED) is 0.560. The van der Waals surface area contributed by atoms with Crippen LogP contribution in [-0.4, -0.2) is 31.3 Å². The Bertz CT molecular complexity index is 546. The molecule has 0 spiro atoms. The number of esters is 1. The van der Waals surface area contributed by atoms with Crippen molar-refractivity contribution < 1.29 is 19.1 Å². The van der Waals surface area contributed by atoms with E-state index in [4.69, 9.17) is 9.47 Å². The highest BCUT2D eigenvalue weighted by molar-refractivity contribution is 5.89. The van der Waals surface area contributed by atoms with Crippen molar-refractivity contribution in [1.29, 1.82) is 0 Å². The van der Waals surface area contributed by atoms with Gasteiger partial charge in [-0.2, -0.15) is 0 Å². The van der Waals surface area contributed by atoms with Crippen LogP contribution in [0.2, 0.25) is 0 Å². The van der Waals surface area contributed by atoms with Crippen LogP contribution in [0.5, 0.6) is 0 Å². The third kappa shape index (κ3) is 8.57. The van der Waals surface area contributed by atoms with Crippen molar-refractivity contribution in [3.8, 4) is 0 Å². The standard InChI is InChI=1S/C20H31NO4/c1-6-15(8-7-13-21-19(23)25-20(2,3)4)14-16-9-11-17(12-10-16)18(22)24-5/h9-12,15H,6-8,13-14H2,1-5H3,(H,21,23). The second-order valence-electron chi connectivity index (χ2n) is 7.24. The van der Waals surface area contributed by atoms with Gasteiger partial charge >= 0.3 is 12.1 Å². The Morgan fingerprint density at radius 3 is 2.32 bits per heavy atom. The molecule has 25 heavy (non-hydrogen) atoms. The molecular weight excluding hydrogens is 318 g/mol. The Morgan fingerprint density at radius 1 is 1.16 bits per heavy atom. The number of nitrogens with one attached hydrogen (secondary N) is 1. The second kappa shape index (κ2) is 10.1. The van der Waals surface area contributed by atoms with Crippen LogP contribution < -0.4 is 5.32 Å². The van der Waals surface area contributed by atoms with Crippen molar-refractivity contribution in [2.75, 3.05) is 13.7 Å². The highest BCUT2D eigenvalue weighted by Crippen LogP contribution is 2.18. The first-order valence-corrected chi connectivity index (χ1v) is 8.89. The van der Waals surface area contributed by atoms with Gasteiger partial charge in [0, 0.05) is 6.54 Å². The van der Waals surface area contributed by atoms with Gasteiger partial charge in [0.25, 0.3) is 0 Å². The predicted octanol–water partition coefficient (Wildman–Crippen LogP) is 4.35. The number of benzene rings is 1. The maximum atomic E-state index is 11.6. The zero-order valence-electron chi connectivity index (χ0n) is 16.1. The highest BCUT2D eigenvalue weighted by atomic mass is 16.6. The van der Waals surface area contributed by atoms with E-state index in [0.717, 1.165) is 25.7 Å². The SMILES string of the molecule is CCC(CCCNC(=O)OC(C)(C)C)Cc1ccc(C(=O)OC)cc1. The Kier molecular flexibility index (Phi) is 8.46. The summed E-state index contributed by atoms with van der Waals surface area (Å²) >= 11 is 0. The van der Waals surface area contributed by atoms with E-state index in [0.29, 0.717) is 18.0 Å². The maximum Gasteiger partial charge on any atom is 0.407 e. The van der Waals surface area contributed by atoms with Crippen LogP contribution in [0, 0.1) is 5.92 Å². The molecule has 0 saturated carbocycles. The van der Waals surface area contributed by atoms with Crippen LogP contribution >= 0.6 is 0 Å². The largest absolute Gasteiger partial charge is 0.465 e. The molecule has 140 valence electrons. The predicted molar refractivity (Wildman–Crippen MR) is 98.7 cm³/mol. The second-order valence-corrected chi connectivity index (χ2v) is 7.24. The number of methoxy groups -OCH3 is 1. The van der Waals surface area contributed by atoms with E-state index in [1.54, 1.807) is 12.1 Å². The van der Waals surface area contributed by atoms with Crippen molar-refractivity contribution >= 4 is 12.1 Å². The molecule has 1 aromatic rings. The lowest BCUT2D eigenvalue weighted by Gasteiger charge is -2.20. The van der Waals surface area contributed by atoms with E-state index in [-0.39, 0.29) is 12.1 Å². The average molecular weight is 349 g/mol. The number of amides is 1. The van der Waals surface area contributed by atoms with Gasteiger partial charge in [-0.25, -0.2) is 9.59 Å². The van der Waals surface area contributed by atoms with Gasteiger partial charge in [-0.05, 0) is 63.6 Å². The van der Waals surface area contributed by atoms with Gasteiger partial charge < -0.3 is 14.8 Å². The summed E-state index contributed by atoms with van der Waals surface area (Å²) in [7, 11) is 1.38. The molecule has 0 saturated heterocycles. The summed E-state index contributed by atoms with van der Waals surface area (Å²) in [6.45, 7) is 8.35. The summed E-state index contributed by atoms with van der Waals surface area (Å²) in [6, 6.07) is 7.57. The lowest BCUT2D eigenvalue weighted by Crippen LogP contribution is -2.33. The fourth-order valence-electron chi connectivity index (χ4n) is 2.57. The molecule has 5 heteroatoms. The number of ether oxygens (including phenoxy) is 2. The van der Waals surface area contributed by atoms with E-state index in [1.165, 1.54) is 12.7 Å². The van der Waals surface area contributed by atoms with Gasteiger partial charge in [0.1, 0.15) is 5.60 Å². The van der Waals surface area contributed by atoms with Crippen LogP contribution in [0.3, 0.4) is 0 Å². The molecule has 1 aromatic carbocycles. The van der Waals surface area contributed by atoms with Gasteiger partial charge in [-0.15, -0.1) is 0 Å². The molecular formula is C20H31NO4. The number of carbonyl (C=O) groups excluding carboxylic acids is 2. The van der Waals surface area contributed by atoms with Crippen LogP contribution in [0.25, 0.3) is 0 Å². The Balaban J connectivity index is 2.37. The third-order valence-corrected chi connectivity index (χ3v) is 3.93. The number of hydrogen-bond acceptors (Lipinski definition) is 4. The Hall–Kier alpha value is -2.04. The Labute approximate surface area is 151 Å². The van der Waals surface area contributed by atoms with Crippen LogP contribution in [0.1, 0.15) is 62.9 Å². The molecule has 0 fully saturated rings. The molecule has 0 aliphatic heterocycles. The van der Waals surface area contributed by atoms with Crippen molar-refractivity contribution in [2.45, 2.75) is 59.0 Å². The number of carbonyl (C=O) groups is 2. The highest BCUT2D eigenvalue weighted by Gasteiger charge is 2.15. The van der Waals surface area contributed by atoms with Crippen molar-refractivity contribution in [2.24, 2.45) is 5.92 Å². The zero-order chi connectivity index (χ0) is 18.9. The van der Waals surface area contributed by atoms with Gasteiger partial charge in [0.2, 0.25) is 0 Å². The minimum absolute atomic E-state index is 0.313. The summed E-state index contributed by atoms with van der Waals surface area (Å²) in [4.78, 5) is 23.1. The molecule has 1 rings (SSSR count). The summed E-state index contributed by atoms with van der Waals surface area (Å²) in [5, 5.41) is 2.80. The molecule has 0 bridgehead atoms. The monoisotopic (exact) mass is 349 g/mol. The van der Waals surface area contributed by atoms with Crippen molar-refractivity contribution in [3.63, 3.8) is 0 Å². The zero-order valence-corrected chi connectivity index (χ0v) is 16.1. The smallest absolute Gasteiger partial charge is 0.407 e. The molecule has 0 aliphatic carbocycles. The van der Waals surface area contributed by atoms with E-state index in [1.807, 2.05) is 32.9 Å². The molecule has 0 heterocycles. The number of hydrogen-bond donors (Lipinski definition) is 1. The van der Waals surface area contributed by atoms with E-state index in [9.17, 15) is 9.59 Å². The molecule has 0 aliphatic rings. The van der Waals surface area contributed by atoms with Gasteiger partial charge in [0.05, 0.1) is 12.7 Å². The normalized spacial score (nSPS) is 12.4. The summed E-state index contributed by atoms with van der Waals surface area (Å²) in [5.41, 5.74) is 1.31. The molecule has 1 atom stereocenters. The molecule has 1 unspecified atom stereocenters. The molecule has 0 radical (unpaired) electrons. The topological polar surface area (TPSA) is 64.6 Å². The molecule has 5 nitrogen and oxygen atoms in total. The maximum absolute atomic E-state index is 11.6. The Morgan fingerprint density at radius 2 is 1.80 bits per heavy atom. The number of alkyl carbamates (subject to hydrolysis) is 1. The van der Waals surface area contributed by atoms with Crippen LogP contribution in [0.15, 0.2) is 24.3 Å². The fourth-order valence-corrected chi connectivity index (χ4v) is 2.57. The number of rotatable bonds is 8. The van der Waals surface area contributed by atoms with E-state index < -0.39 is 5.60 Å². The minimum atomic E-state index is -0.466. The van der Waals surface area contributed by atoms with Gasteiger partial charge in [0.15, 0.2) is 0 Å². The van der Waals surface area contributed by atoms with Gasteiger partial charge in [-0.3, -0.25) is 0 Å². The third-order valence-electron chi connectivity index (χ3n) is 3.93. The first kappa shape index (κ1) is 21.0. The fraction of sp³-hybridized carbons (Fsp3) is 0.600. The van der Waals surface area contributed by atoms with Crippen molar-refractivity contribution in [3.05, 3.63) is 35.4 Å². The van der Waals surface area contributed by atoms with E-state index >= 15 is 0 Å². The lowest BCUT2D eigenvalue weighted by atomic mass is 9.92. The summed E-state index contributed by atoms with van der Waals surface area (Å²) in [5.74, 6) is 0.233. The summed E-state index contributed by atoms with van der Waals surface area (Å²) in [6.07, 6.45) is 3.62. The van der Waals surface area contributed by atoms with Gasteiger partial charge in [-0.1, -0.05) is 25.5 Å². The first-order chi connectivity index (χ1) is 11.7. The van der Waals surface area contributed by atoms with E-state index in [2.05, 4.69) is 12.2 Å². The molecule has 1 N–H and O–H groups in total. The first-order valence-electron chi connectivity index (χ1n) is 8.89. The average Bonchev–Trinajstić information content (AvgIpc) is 2.55. The minimum Gasteiger partial charge on any atom is -0.465 e. The van der Waals surface area contributed by atoms with Crippen LogP contribution in [0.4, 0.5) is 4.79 Å². The van der Waals surface area contributed by atoms with Crippen molar-refractivity contribution in [1.82, 2.24) is 5.32 Å².